The van der Waals surface area contributed by atoms with Crippen molar-refractivity contribution >= 4 is 15.7 Å². The Kier molecular flexibility index (Phi) is 4.60. The summed E-state index contributed by atoms with van der Waals surface area (Å²) in [4.78, 5) is 10.3. The molecule has 0 aromatic heterocycles. The fourth-order valence-corrected chi connectivity index (χ4v) is 4.24. The number of piperidine rings is 1. The predicted octanol–water partition coefficient (Wildman–Crippen LogP) is 1.26. The van der Waals surface area contributed by atoms with Crippen molar-refractivity contribution < 1.29 is 13.3 Å². The molecule has 0 saturated carbocycles. The third-order valence-electron chi connectivity index (χ3n) is 3.89. The molecule has 2 rings (SSSR count). The van der Waals surface area contributed by atoms with E-state index in [9.17, 15) is 18.5 Å². The van der Waals surface area contributed by atoms with Gasteiger partial charge in [0.05, 0.1) is 9.82 Å². The van der Waals surface area contributed by atoms with Crippen molar-refractivity contribution in [1.82, 2.24) is 4.31 Å². The predicted molar refractivity (Wildman–Crippen MR) is 78.4 cm³/mol. The monoisotopic (exact) mass is 313 g/mol. The maximum Gasteiger partial charge on any atom is 0.269 e. The minimum atomic E-state index is -3.60. The number of hydrogen-bond acceptors (Lipinski definition) is 5. The van der Waals surface area contributed by atoms with Gasteiger partial charge >= 0.3 is 0 Å². The Morgan fingerprint density at radius 2 is 2.00 bits per heavy atom. The Morgan fingerprint density at radius 1 is 1.38 bits per heavy atom. The largest absolute Gasteiger partial charge is 0.330 e. The van der Waals surface area contributed by atoms with Crippen LogP contribution in [0, 0.1) is 23.0 Å². The highest BCUT2D eigenvalue weighted by molar-refractivity contribution is 7.89. The van der Waals surface area contributed by atoms with Crippen molar-refractivity contribution in [2.75, 3.05) is 19.6 Å². The number of rotatable bonds is 4. The number of aryl methyl sites for hydroxylation is 1. The molecule has 1 heterocycles. The number of benzene rings is 1. The lowest BCUT2D eigenvalue weighted by Crippen LogP contribution is -2.40. The van der Waals surface area contributed by atoms with E-state index in [0.717, 1.165) is 12.8 Å². The number of nitrogens with zero attached hydrogens (tertiary/aromatic N) is 2. The van der Waals surface area contributed by atoms with E-state index < -0.39 is 14.9 Å². The van der Waals surface area contributed by atoms with Gasteiger partial charge in [-0.2, -0.15) is 4.31 Å². The maximum atomic E-state index is 12.6. The number of nitro benzene ring substituents is 1. The van der Waals surface area contributed by atoms with Gasteiger partial charge < -0.3 is 5.73 Å². The van der Waals surface area contributed by atoms with Crippen molar-refractivity contribution in [1.29, 1.82) is 0 Å². The normalized spacial score (nSPS) is 17.8. The van der Waals surface area contributed by atoms with Crippen molar-refractivity contribution in [3.8, 4) is 0 Å². The van der Waals surface area contributed by atoms with E-state index in [1.54, 1.807) is 6.92 Å². The van der Waals surface area contributed by atoms with Crippen LogP contribution in [-0.2, 0) is 10.0 Å². The van der Waals surface area contributed by atoms with Crippen molar-refractivity contribution in [2.24, 2.45) is 11.7 Å². The van der Waals surface area contributed by atoms with Gasteiger partial charge in [0, 0.05) is 25.2 Å². The number of nitrogens with two attached hydrogens (primary N) is 1. The lowest BCUT2D eigenvalue weighted by molar-refractivity contribution is -0.385. The molecule has 2 N–H and O–H groups in total. The molecule has 0 atom stereocenters. The van der Waals surface area contributed by atoms with Crippen molar-refractivity contribution in [2.45, 2.75) is 24.7 Å². The Hall–Kier alpha value is -1.51. The third kappa shape index (κ3) is 3.22. The summed E-state index contributed by atoms with van der Waals surface area (Å²) in [5.74, 6) is 0.370. The topological polar surface area (TPSA) is 107 Å². The summed E-state index contributed by atoms with van der Waals surface area (Å²) in [7, 11) is -3.60. The fraction of sp³-hybridized carbons (Fsp3) is 0.538. The molecule has 7 nitrogen and oxygen atoms in total. The zero-order chi connectivity index (χ0) is 15.6. The molecule has 0 radical (unpaired) electrons. The number of sulfonamides is 1. The van der Waals surface area contributed by atoms with E-state index in [1.807, 2.05) is 0 Å². The zero-order valence-corrected chi connectivity index (χ0v) is 12.7. The van der Waals surface area contributed by atoms with Gasteiger partial charge in [-0.05, 0) is 43.9 Å². The van der Waals surface area contributed by atoms with Crippen molar-refractivity contribution in [3.05, 3.63) is 33.9 Å². The first-order valence-corrected chi connectivity index (χ1v) is 8.25. The quantitative estimate of drug-likeness (QED) is 0.665. The van der Waals surface area contributed by atoms with Gasteiger partial charge in [-0.25, -0.2) is 8.42 Å². The van der Waals surface area contributed by atoms with Crippen LogP contribution in [0.1, 0.15) is 18.4 Å². The number of nitro groups is 1. The zero-order valence-electron chi connectivity index (χ0n) is 11.9. The van der Waals surface area contributed by atoms with Crippen LogP contribution in [0.15, 0.2) is 23.1 Å². The van der Waals surface area contributed by atoms with E-state index in [2.05, 4.69) is 0 Å². The minimum Gasteiger partial charge on any atom is -0.330 e. The van der Waals surface area contributed by atoms with Gasteiger partial charge in [0.15, 0.2) is 0 Å². The molecule has 1 aromatic carbocycles. The molecule has 21 heavy (non-hydrogen) atoms. The van der Waals surface area contributed by atoms with Crippen LogP contribution < -0.4 is 5.73 Å². The van der Waals surface area contributed by atoms with Gasteiger partial charge in [-0.15, -0.1) is 0 Å². The first kappa shape index (κ1) is 15.9. The van der Waals surface area contributed by atoms with E-state index >= 15 is 0 Å². The summed E-state index contributed by atoms with van der Waals surface area (Å²) in [5.41, 5.74) is 5.90. The molecule has 1 aliphatic rings. The van der Waals surface area contributed by atoms with Crippen LogP contribution >= 0.6 is 0 Å². The molecule has 0 aliphatic carbocycles. The summed E-state index contributed by atoms with van der Waals surface area (Å²) in [6.07, 6.45) is 1.50. The molecule has 0 amide bonds. The molecular weight excluding hydrogens is 294 g/mol. The SMILES string of the molecule is Cc1cc([N+](=O)[O-])ccc1S(=O)(=O)N1CCC(CN)CC1. The smallest absolute Gasteiger partial charge is 0.269 e. The summed E-state index contributed by atoms with van der Waals surface area (Å²) in [5, 5.41) is 10.7. The lowest BCUT2D eigenvalue weighted by atomic mass is 9.99. The van der Waals surface area contributed by atoms with Gasteiger partial charge in [-0.3, -0.25) is 10.1 Å². The molecule has 0 bridgehead atoms. The summed E-state index contributed by atoms with van der Waals surface area (Å²) in [6.45, 7) is 3.04. The van der Waals surface area contributed by atoms with Crippen LogP contribution in [-0.4, -0.2) is 37.3 Å². The average Bonchev–Trinajstić information content (AvgIpc) is 2.46. The Morgan fingerprint density at radius 3 is 2.48 bits per heavy atom. The summed E-state index contributed by atoms with van der Waals surface area (Å²) < 4.78 is 26.7. The Bertz CT molecular complexity index is 637. The first-order valence-electron chi connectivity index (χ1n) is 6.81. The molecule has 1 aliphatic heterocycles. The number of hydrogen-bond donors (Lipinski definition) is 1. The second kappa shape index (κ2) is 6.08. The molecule has 0 spiro atoms. The Labute approximate surface area is 123 Å². The molecule has 116 valence electrons. The molecule has 1 saturated heterocycles. The van der Waals surface area contributed by atoms with E-state index in [-0.39, 0.29) is 10.6 Å². The standard InChI is InChI=1S/C13H19N3O4S/c1-10-8-12(16(17)18)2-3-13(10)21(19,20)15-6-4-11(9-14)5-7-15/h2-3,8,11H,4-7,9,14H2,1H3. The Balaban J connectivity index is 2.26. The highest BCUT2D eigenvalue weighted by Crippen LogP contribution is 2.27. The molecule has 1 aromatic rings. The lowest BCUT2D eigenvalue weighted by Gasteiger charge is -2.30. The summed E-state index contributed by atoms with van der Waals surface area (Å²) >= 11 is 0. The molecule has 8 heteroatoms. The average molecular weight is 313 g/mol. The van der Waals surface area contributed by atoms with Crippen LogP contribution in [0.4, 0.5) is 5.69 Å². The molecular formula is C13H19N3O4S. The van der Waals surface area contributed by atoms with Gasteiger partial charge in [-0.1, -0.05) is 0 Å². The van der Waals surface area contributed by atoms with Crippen LogP contribution in [0.3, 0.4) is 0 Å². The van der Waals surface area contributed by atoms with Crippen LogP contribution in [0.25, 0.3) is 0 Å². The van der Waals surface area contributed by atoms with Gasteiger partial charge in [0.1, 0.15) is 0 Å². The van der Waals surface area contributed by atoms with E-state index in [0.29, 0.717) is 31.1 Å². The molecule has 1 fully saturated rings. The second-order valence-corrected chi connectivity index (χ2v) is 7.20. The summed E-state index contributed by atoms with van der Waals surface area (Å²) in [6, 6.07) is 3.84. The first-order chi connectivity index (χ1) is 9.86. The highest BCUT2D eigenvalue weighted by atomic mass is 32.2. The second-order valence-electron chi connectivity index (χ2n) is 5.29. The maximum absolute atomic E-state index is 12.6. The third-order valence-corrected chi connectivity index (χ3v) is 5.95. The van der Waals surface area contributed by atoms with Crippen LogP contribution in [0.2, 0.25) is 0 Å². The molecule has 0 unspecified atom stereocenters. The van der Waals surface area contributed by atoms with E-state index in [4.69, 9.17) is 5.73 Å². The number of non-ortho nitro benzene ring substituents is 1. The van der Waals surface area contributed by atoms with Crippen molar-refractivity contribution in [3.63, 3.8) is 0 Å². The van der Waals surface area contributed by atoms with Gasteiger partial charge in [0.25, 0.3) is 5.69 Å². The van der Waals surface area contributed by atoms with E-state index in [1.165, 1.54) is 22.5 Å². The minimum absolute atomic E-state index is 0.103. The van der Waals surface area contributed by atoms with Crippen LogP contribution in [0.5, 0.6) is 0 Å². The van der Waals surface area contributed by atoms with Gasteiger partial charge in [0.2, 0.25) is 10.0 Å². The highest BCUT2D eigenvalue weighted by Gasteiger charge is 2.30. The fourth-order valence-electron chi connectivity index (χ4n) is 2.56.